The number of anilines is 1. The molecule has 182 valence electrons. The fraction of sp³-hybridized carbons (Fsp3) is 0.565. The molecule has 33 heavy (non-hydrogen) atoms. The Morgan fingerprint density at radius 1 is 1.21 bits per heavy atom. The number of hydrogen-bond donors (Lipinski definition) is 3. The quantitative estimate of drug-likeness (QED) is 0.310. The van der Waals surface area contributed by atoms with Gasteiger partial charge in [-0.2, -0.15) is 0 Å². The van der Waals surface area contributed by atoms with Gasteiger partial charge in [0.2, 0.25) is 11.8 Å². The largest absolute Gasteiger partial charge is 0.465 e. The number of benzene rings is 1. The average molecular weight is 463 g/mol. The minimum atomic E-state index is -0.756. The standard InChI is InChI=1S/C23H34N4O6/c1-16(2)15-33-21(29)13-19-23(31)25-10-11-27(19)14-20(28)26-18-7-5-17(6-8-18)22(30)24-9-4-12-32-3/h5-8,16,19H,4,9-15H2,1-3H3,(H,24,30)(H,25,31)(H,26,28). The van der Waals surface area contributed by atoms with Crippen LogP contribution in [0.25, 0.3) is 0 Å². The summed E-state index contributed by atoms with van der Waals surface area (Å²) >= 11 is 0. The van der Waals surface area contributed by atoms with Crippen molar-refractivity contribution in [2.75, 3.05) is 51.8 Å². The topological polar surface area (TPSA) is 126 Å². The Hall–Kier alpha value is -2.98. The number of esters is 1. The summed E-state index contributed by atoms with van der Waals surface area (Å²) in [6, 6.07) is 5.79. The van der Waals surface area contributed by atoms with E-state index in [-0.39, 0.29) is 43.2 Å². The Labute approximate surface area is 194 Å². The van der Waals surface area contributed by atoms with Crippen LogP contribution in [0.3, 0.4) is 0 Å². The summed E-state index contributed by atoms with van der Waals surface area (Å²) in [5.74, 6) is -1.08. The number of rotatable bonds is 12. The Morgan fingerprint density at radius 2 is 1.94 bits per heavy atom. The molecule has 1 aliphatic rings. The van der Waals surface area contributed by atoms with Gasteiger partial charge in [0, 0.05) is 44.6 Å². The smallest absolute Gasteiger partial charge is 0.307 e. The van der Waals surface area contributed by atoms with Crippen molar-refractivity contribution in [1.29, 1.82) is 0 Å². The second-order valence-corrected chi connectivity index (χ2v) is 8.29. The molecule has 0 spiro atoms. The maximum absolute atomic E-state index is 12.6. The first-order valence-corrected chi connectivity index (χ1v) is 11.1. The van der Waals surface area contributed by atoms with Crippen LogP contribution in [0.5, 0.6) is 0 Å². The molecule has 3 amide bonds. The summed E-state index contributed by atoms with van der Waals surface area (Å²) in [4.78, 5) is 50.8. The fourth-order valence-corrected chi connectivity index (χ4v) is 3.26. The first-order chi connectivity index (χ1) is 15.8. The van der Waals surface area contributed by atoms with Gasteiger partial charge in [-0.15, -0.1) is 0 Å². The summed E-state index contributed by atoms with van der Waals surface area (Å²) in [7, 11) is 1.61. The van der Waals surface area contributed by atoms with E-state index in [2.05, 4.69) is 16.0 Å². The van der Waals surface area contributed by atoms with E-state index < -0.39 is 12.0 Å². The third kappa shape index (κ3) is 9.19. The van der Waals surface area contributed by atoms with Crippen LogP contribution < -0.4 is 16.0 Å². The number of carbonyl (C=O) groups is 4. The number of methoxy groups -OCH3 is 1. The van der Waals surface area contributed by atoms with Gasteiger partial charge in [-0.25, -0.2) is 0 Å². The predicted molar refractivity (Wildman–Crippen MR) is 123 cm³/mol. The Balaban J connectivity index is 1.87. The molecular formula is C23H34N4O6. The van der Waals surface area contributed by atoms with Crippen LogP contribution in [-0.4, -0.2) is 81.1 Å². The molecule has 3 N–H and O–H groups in total. The number of nitrogens with one attached hydrogen (secondary N) is 3. The molecule has 1 aliphatic heterocycles. The number of ether oxygens (including phenoxy) is 2. The lowest BCUT2D eigenvalue weighted by Crippen LogP contribution is -2.57. The van der Waals surface area contributed by atoms with Crippen LogP contribution >= 0.6 is 0 Å². The average Bonchev–Trinajstić information content (AvgIpc) is 2.78. The van der Waals surface area contributed by atoms with Gasteiger partial charge in [-0.3, -0.25) is 24.1 Å². The van der Waals surface area contributed by atoms with Gasteiger partial charge in [0.25, 0.3) is 5.91 Å². The molecule has 1 aromatic carbocycles. The molecular weight excluding hydrogens is 428 g/mol. The minimum absolute atomic E-state index is 0.0444. The SMILES string of the molecule is COCCCNC(=O)c1ccc(NC(=O)CN2CCNC(=O)C2CC(=O)OCC(C)C)cc1. The Kier molecular flexibility index (Phi) is 10.8. The van der Waals surface area contributed by atoms with Gasteiger partial charge in [-0.1, -0.05) is 13.8 Å². The van der Waals surface area contributed by atoms with Crippen LogP contribution in [0.1, 0.15) is 37.0 Å². The van der Waals surface area contributed by atoms with E-state index in [1.54, 1.807) is 36.3 Å². The lowest BCUT2D eigenvalue weighted by molar-refractivity contribution is -0.149. The van der Waals surface area contributed by atoms with E-state index in [1.807, 2.05) is 13.8 Å². The molecule has 1 aromatic rings. The van der Waals surface area contributed by atoms with Crippen molar-refractivity contribution in [3.8, 4) is 0 Å². The normalized spacial score (nSPS) is 16.2. The Bertz CT molecular complexity index is 812. The molecule has 10 heteroatoms. The van der Waals surface area contributed by atoms with Gasteiger partial charge < -0.3 is 25.4 Å². The lowest BCUT2D eigenvalue weighted by atomic mass is 10.1. The van der Waals surface area contributed by atoms with Crippen LogP contribution in [-0.2, 0) is 23.9 Å². The van der Waals surface area contributed by atoms with Crippen molar-refractivity contribution in [1.82, 2.24) is 15.5 Å². The van der Waals surface area contributed by atoms with Crippen molar-refractivity contribution in [2.45, 2.75) is 32.7 Å². The second kappa shape index (κ2) is 13.5. The maximum Gasteiger partial charge on any atom is 0.307 e. The number of hydrogen-bond acceptors (Lipinski definition) is 7. The van der Waals surface area contributed by atoms with Crippen LogP contribution in [0, 0.1) is 5.92 Å². The van der Waals surface area contributed by atoms with Gasteiger partial charge in [0.15, 0.2) is 0 Å². The molecule has 0 bridgehead atoms. The van der Waals surface area contributed by atoms with E-state index in [4.69, 9.17) is 9.47 Å². The first-order valence-electron chi connectivity index (χ1n) is 11.1. The predicted octanol–water partition coefficient (Wildman–Crippen LogP) is 0.781. The number of amides is 3. The van der Waals surface area contributed by atoms with E-state index in [0.717, 1.165) is 6.42 Å². The minimum Gasteiger partial charge on any atom is -0.465 e. The lowest BCUT2D eigenvalue weighted by Gasteiger charge is -2.33. The monoisotopic (exact) mass is 462 g/mol. The zero-order valence-corrected chi connectivity index (χ0v) is 19.5. The van der Waals surface area contributed by atoms with Gasteiger partial charge >= 0.3 is 5.97 Å². The molecule has 0 aliphatic carbocycles. The van der Waals surface area contributed by atoms with E-state index >= 15 is 0 Å². The molecule has 1 unspecified atom stereocenters. The summed E-state index contributed by atoms with van der Waals surface area (Å²) in [5.41, 5.74) is 1.02. The zero-order chi connectivity index (χ0) is 24.2. The highest BCUT2D eigenvalue weighted by Crippen LogP contribution is 2.13. The van der Waals surface area contributed by atoms with Crippen molar-refractivity contribution in [3.05, 3.63) is 29.8 Å². The van der Waals surface area contributed by atoms with Crippen molar-refractivity contribution >= 4 is 29.4 Å². The number of nitrogens with zero attached hydrogens (tertiary/aromatic N) is 1. The molecule has 1 fully saturated rings. The maximum atomic E-state index is 12.6. The third-order valence-corrected chi connectivity index (χ3v) is 4.97. The van der Waals surface area contributed by atoms with Crippen LogP contribution in [0.15, 0.2) is 24.3 Å². The fourth-order valence-electron chi connectivity index (χ4n) is 3.26. The third-order valence-electron chi connectivity index (χ3n) is 4.97. The molecule has 1 heterocycles. The summed E-state index contributed by atoms with van der Waals surface area (Å²) < 4.78 is 10.1. The van der Waals surface area contributed by atoms with Crippen molar-refractivity contribution < 1.29 is 28.7 Å². The van der Waals surface area contributed by atoms with Gasteiger partial charge in [0.1, 0.15) is 6.04 Å². The molecule has 1 saturated heterocycles. The van der Waals surface area contributed by atoms with Gasteiger partial charge in [-0.05, 0) is 36.6 Å². The molecule has 0 aromatic heterocycles. The van der Waals surface area contributed by atoms with Crippen molar-refractivity contribution in [2.24, 2.45) is 5.92 Å². The van der Waals surface area contributed by atoms with Crippen LogP contribution in [0.4, 0.5) is 5.69 Å². The highest BCUT2D eigenvalue weighted by Gasteiger charge is 2.33. The van der Waals surface area contributed by atoms with E-state index in [0.29, 0.717) is 37.5 Å². The highest BCUT2D eigenvalue weighted by atomic mass is 16.5. The summed E-state index contributed by atoms with van der Waals surface area (Å²) in [5, 5.41) is 8.30. The zero-order valence-electron chi connectivity index (χ0n) is 19.5. The molecule has 0 radical (unpaired) electrons. The van der Waals surface area contributed by atoms with Crippen molar-refractivity contribution in [3.63, 3.8) is 0 Å². The molecule has 0 saturated carbocycles. The summed E-state index contributed by atoms with van der Waals surface area (Å²) in [6.07, 6.45) is 0.612. The molecule has 10 nitrogen and oxygen atoms in total. The van der Waals surface area contributed by atoms with Gasteiger partial charge in [0.05, 0.1) is 19.6 Å². The van der Waals surface area contributed by atoms with E-state index in [9.17, 15) is 19.2 Å². The molecule has 1 atom stereocenters. The highest BCUT2D eigenvalue weighted by molar-refractivity contribution is 5.96. The van der Waals surface area contributed by atoms with E-state index in [1.165, 1.54) is 0 Å². The second-order valence-electron chi connectivity index (χ2n) is 8.29. The summed E-state index contributed by atoms with van der Waals surface area (Å²) in [6.45, 7) is 6.04. The Morgan fingerprint density at radius 3 is 2.61 bits per heavy atom. The number of carbonyl (C=O) groups excluding carboxylic acids is 4. The molecule has 2 rings (SSSR count). The van der Waals surface area contributed by atoms with Crippen LogP contribution in [0.2, 0.25) is 0 Å². The first kappa shape index (κ1) is 26.3. The number of piperazine rings is 1.